The van der Waals surface area contributed by atoms with Crippen LogP contribution >= 0.6 is 0 Å². The summed E-state index contributed by atoms with van der Waals surface area (Å²) in [5, 5.41) is 0. The summed E-state index contributed by atoms with van der Waals surface area (Å²) >= 11 is 0. The lowest BCUT2D eigenvalue weighted by molar-refractivity contribution is 0.0512. The topological polar surface area (TPSA) is 52.1 Å². The van der Waals surface area contributed by atoms with Crippen LogP contribution in [0.4, 0.5) is 0 Å². The molecule has 18 heavy (non-hydrogen) atoms. The minimum atomic E-state index is -0.493. The van der Waals surface area contributed by atoms with Crippen molar-refractivity contribution in [3.63, 3.8) is 0 Å². The van der Waals surface area contributed by atoms with Gasteiger partial charge < -0.3 is 4.74 Å². The molecule has 0 spiro atoms. The Kier molecular flexibility index (Phi) is 3.67. The third kappa shape index (κ3) is 2.53. The number of ether oxygens (including phenoxy) is 1. The quantitative estimate of drug-likeness (QED) is 0.776. The van der Waals surface area contributed by atoms with E-state index in [2.05, 4.69) is 9.97 Å². The highest BCUT2D eigenvalue weighted by Gasteiger charge is 2.11. The number of benzene rings is 1. The molecular weight excluding hydrogens is 228 g/mol. The van der Waals surface area contributed by atoms with E-state index in [1.807, 2.05) is 31.2 Å². The molecule has 0 aliphatic heterocycles. The molecule has 0 radical (unpaired) electrons. The molecule has 92 valence electrons. The van der Waals surface area contributed by atoms with E-state index >= 15 is 0 Å². The molecule has 0 saturated carbocycles. The minimum Gasteiger partial charge on any atom is -0.460 e. The van der Waals surface area contributed by atoms with E-state index in [1.165, 1.54) is 0 Å². The van der Waals surface area contributed by atoms with Gasteiger partial charge in [-0.3, -0.25) is 0 Å². The number of carbonyl (C=O) groups is 1. The van der Waals surface area contributed by atoms with Crippen molar-refractivity contribution in [2.45, 2.75) is 13.8 Å². The number of carbonyl (C=O) groups excluding carboxylic acids is 1. The monoisotopic (exact) mass is 242 g/mol. The SMILES string of the molecule is CCOC(=O)c1nccc(-c2ccccc2C)n1. The zero-order valence-corrected chi connectivity index (χ0v) is 10.4. The zero-order chi connectivity index (χ0) is 13.0. The zero-order valence-electron chi connectivity index (χ0n) is 10.4. The Labute approximate surface area is 106 Å². The number of esters is 1. The summed E-state index contributed by atoms with van der Waals surface area (Å²) in [6.45, 7) is 4.07. The van der Waals surface area contributed by atoms with Crippen LogP contribution in [-0.2, 0) is 4.74 Å². The van der Waals surface area contributed by atoms with Gasteiger partial charge in [0.1, 0.15) is 0 Å². The highest BCUT2D eigenvalue weighted by atomic mass is 16.5. The molecule has 2 rings (SSSR count). The lowest BCUT2D eigenvalue weighted by Crippen LogP contribution is -2.09. The Hall–Kier alpha value is -2.23. The number of rotatable bonds is 3. The summed E-state index contributed by atoms with van der Waals surface area (Å²) < 4.78 is 4.89. The fourth-order valence-corrected chi connectivity index (χ4v) is 1.66. The van der Waals surface area contributed by atoms with E-state index in [9.17, 15) is 4.79 Å². The van der Waals surface area contributed by atoms with Crippen molar-refractivity contribution in [2.75, 3.05) is 6.61 Å². The van der Waals surface area contributed by atoms with Crippen molar-refractivity contribution < 1.29 is 9.53 Å². The second-order valence-electron chi connectivity index (χ2n) is 3.80. The molecule has 0 aliphatic rings. The second-order valence-corrected chi connectivity index (χ2v) is 3.80. The molecule has 1 aromatic carbocycles. The maximum atomic E-state index is 11.6. The minimum absolute atomic E-state index is 0.0950. The van der Waals surface area contributed by atoms with E-state index in [1.54, 1.807) is 19.2 Å². The number of nitrogens with zero attached hydrogens (tertiary/aromatic N) is 2. The van der Waals surface area contributed by atoms with Gasteiger partial charge in [0, 0.05) is 11.8 Å². The predicted octanol–water partition coefficient (Wildman–Crippen LogP) is 2.63. The van der Waals surface area contributed by atoms with Crippen molar-refractivity contribution in [3.05, 3.63) is 47.9 Å². The standard InChI is InChI=1S/C14H14N2O2/c1-3-18-14(17)13-15-9-8-12(16-13)11-7-5-4-6-10(11)2/h4-9H,3H2,1-2H3. The second kappa shape index (κ2) is 5.40. The number of hydrogen-bond acceptors (Lipinski definition) is 4. The molecular formula is C14H14N2O2. The molecule has 0 bridgehead atoms. The summed E-state index contributed by atoms with van der Waals surface area (Å²) in [7, 11) is 0. The van der Waals surface area contributed by atoms with Crippen LogP contribution in [0, 0.1) is 6.92 Å². The molecule has 1 aromatic heterocycles. The van der Waals surface area contributed by atoms with Crippen molar-refractivity contribution in [2.24, 2.45) is 0 Å². The lowest BCUT2D eigenvalue weighted by Gasteiger charge is -2.06. The summed E-state index contributed by atoms with van der Waals surface area (Å²) in [5.41, 5.74) is 2.82. The van der Waals surface area contributed by atoms with Gasteiger partial charge in [0.05, 0.1) is 12.3 Å². The van der Waals surface area contributed by atoms with Gasteiger partial charge >= 0.3 is 5.97 Å². The number of aromatic nitrogens is 2. The fraction of sp³-hybridized carbons (Fsp3) is 0.214. The maximum Gasteiger partial charge on any atom is 0.376 e. The Morgan fingerprint density at radius 1 is 1.28 bits per heavy atom. The van der Waals surface area contributed by atoms with E-state index in [4.69, 9.17) is 4.74 Å². The summed E-state index contributed by atoms with van der Waals surface area (Å²) in [6, 6.07) is 9.65. The van der Waals surface area contributed by atoms with Gasteiger partial charge in [0.15, 0.2) is 0 Å². The van der Waals surface area contributed by atoms with Crippen LogP contribution < -0.4 is 0 Å². The lowest BCUT2D eigenvalue weighted by atomic mass is 10.1. The van der Waals surface area contributed by atoms with Crippen molar-refractivity contribution in [1.29, 1.82) is 0 Å². The summed E-state index contributed by atoms with van der Waals surface area (Å²) in [4.78, 5) is 19.7. The molecule has 1 heterocycles. The first-order valence-corrected chi connectivity index (χ1v) is 5.78. The molecule has 0 fully saturated rings. The van der Waals surface area contributed by atoms with Gasteiger partial charge in [-0.1, -0.05) is 24.3 Å². The van der Waals surface area contributed by atoms with Crippen LogP contribution in [0.2, 0.25) is 0 Å². The molecule has 0 aliphatic carbocycles. The number of hydrogen-bond donors (Lipinski definition) is 0. The van der Waals surface area contributed by atoms with Crippen LogP contribution in [0.25, 0.3) is 11.3 Å². The van der Waals surface area contributed by atoms with Crippen LogP contribution in [0.15, 0.2) is 36.5 Å². The van der Waals surface area contributed by atoms with Gasteiger partial charge in [0.2, 0.25) is 5.82 Å². The molecule has 0 amide bonds. The first-order chi connectivity index (χ1) is 8.72. The smallest absolute Gasteiger partial charge is 0.376 e. The molecule has 4 nitrogen and oxygen atoms in total. The van der Waals surface area contributed by atoms with E-state index < -0.39 is 5.97 Å². The first kappa shape index (κ1) is 12.2. The highest BCUT2D eigenvalue weighted by molar-refractivity contribution is 5.85. The Morgan fingerprint density at radius 3 is 2.78 bits per heavy atom. The molecule has 0 atom stereocenters. The molecule has 0 unspecified atom stereocenters. The predicted molar refractivity (Wildman–Crippen MR) is 68.2 cm³/mol. The van der Waals surface area contributed by atoms with Gasteiger partial charge in [-0.2, -0.15) is 0 Å². The summed E-state index contributed by atoms with van der Waals surface area (Å²) in [6.07, 6.45) is 1.57. The van der Waals surface area contributed by atoms with E-state index in [0.717, 1.165) is 16.8 Å². The average molecular weight is 242 g/mol. The Balaban J connectivity index is 2.39. The van der Waals surface area contributed by atoms with Crippen LogP contribution in [-0.4, -0.2) is 22.5 Å². The van der Waals surface area contributed by atoms with Crippen molar-refractivity contribution in [3.8, 4) is 11.3 Å². The third-order valence-corrected chi connectivity index (χ3v) is 2.53. The average Bonchev–Trinajstić information content (AvgIpc) is 2.40. The molecule has 0 N–H and O–H groups in total. The fourth-order valence-electron chi connectivity index (χ4n) is 1.66. The van der Waals surface area contributed by atoms with Crippen LogP contribution in [0.3, 0.4) is 0 Å². The summed E-state index contributed by atoms with van der Waals surface area (Å²) in [5.74, 6) is -0.398. The van der Waals surface area contributed by atoms with Gasteiger partial charge in [-0.25, -0.2) is 14.8 Å². The third-order valence-electron chi connectivity index (χ3n) is 2.53. The first-order valence-electron chi connectivity index (χ1n) is 5.78. The Bertz CT molecular complexity index is 567. The molecule has 4 heteroatoms. The van der Waals surface area contributed by atoms with E-state index in [-0.39, 0.29) is 5.82 Å². The van der Waals surface area contributed by atoms with Crippen molar-refractivity contribution in [1.82, 2.24) is 9.97 Å². The van der Waals surface area contributed by atoms with Gasteiger partial charge in [-0.05, 0) is 25.5 Å². The molecule has 0 saturated heterocycles. The van der Waals surface area contributed by atoms with Crippen molar-refractivity contribution >= 4 is 5.97 Å². The van der Waals surface area contributed by atoms with Gasteiger partial charge in [0.25, 0.3) is 0 Å². The van der Waals surface area contributed by atoms with E-state index in [0.29, 0.717) is 6.61 Å². The molecule has 2 aromatic rings. The Morgan fingerprint density at radius 2 is 2.06 bits per heavy atom. The number of aryl methyl sites for hydroxylation is 1. The maximum absolute atomic E-state index is 11.6. The highest BCUT2D eigenvalue weighted by Crippen LogP contribution is 2.20. The largest absolute Gasteiger partial charge is 0.460 e. The van der Waals surface area contributed by atoms with Gasteiger partial charge in [-0.15, -0.1) is 0 Å². The normalized spacial score (nSPS) is 10.1. The van der Waals surface area contributed by atoms with Crippen LogP contribution in [0.1, 0.15) is 23.1 Å². The van der Waals surface area contributed by atoms with Crippen LogP contribution in [0.5, 0.6) is 0 Å².